The second-order valence-corrected chi connectivity index (χ2v) is 5.38. The van der Waals surface area contributed by atoms with E-state index in [2.05, 4.69) is 52.1 Å². The Kier molecular flexibility index (Phi) is 4.90. The van der Waals surface area contributed by atoms with Gasteiger partial charge in [0.25, 0.3) is 0 Å². The van der Waals surface area contributed by atoms with Crippen molar-refractivity contribution in [1.82, 2.24) is 0 Å². The number of methoxy groups -OCH3 is 2. The number of hydrogen-bond donors (Lipinski definition) is 0. The van der Waals surface area contributed by atoms with Gasteiger partial charge in [0.2, 0.25) is 0 Å². The SMILES string of the molecule is COc1ccc(N(C)Cc2ccc(OC)c(Br)c2)cc1. The van der Waals surface area contributed by atoms with Gasteiger partial charge in [0, 0.05) is 19.3 Å². The lowest BCUT2D eigenvalue weighted by Gasteiger charge is -2.20. The summed E-state index contributed by atoms with van der Waals surface area (Å²) in [5, 5.41) is 0. The monoisotopic (exact) mass is 335 g/mol. The molecule has 2 rings (SSSR count). The molecule has 0 bridgehead atoms. The minimum Gasteiger partial charge on any atom is -0.497 e. The van der Waals surface area contributed by atoms with Crippen LogP contribution in [0.15, 0.2) is 46.9 Å². The first kappa shape index (κ1) is 14.7. The van der Waals surface area contributed by atoms with E-state index in [4.69, 9.17) is 9.47 Å². The summed E-state index contributed by atoms with van der Waals surface area (Å²) >= 11 is 3.51. The Balaban J connectivity index is 2.10. The summed E-state index contributed by atoms with van der Waals surface area (Å²) in [4.78, 5) is 2.19. The van der Waals surface area contributed by atoms with E-state index in [1.54, 1.807) is 14.2 Å². The summed E-state index contributed by atoms with van der Waals surface area (Å²) < 4.78 is 11.4. The molecule has 0 fully saturated rings. The van der Waals surface area contributed by atoms with Crippen molar-refractivity contribution in [3.8, 4) is 11.5 Å². The lowest BCUT2D eigenvalue weighted by atomic mass is 10.2. The third-order valence-corrected chi connectivity index (χ3v) is 3.77. The van der Waals surface area contributed by atoms with Gasteiger partial charge in [-0.25, -0.2) is 0 Å². The van der Waals surface area contributed by atoms with E-state index in [1.807, 2.05) is 18.2 Å². The predicted molar refractivity (Wildman–Crippen MR) is 85.8 cm³/mol. The molecule has 0 radical (unpaired) electrons. The molecule has 0 aliphatic heterocycles. The Hall–Kier alpha value is -1.68. The van der Waals surface area contributed by atoms with Gasteiger partial charge in [0.1, 0.15) is 11.5 Å². The molecule has 106 valence electrons. The number of rotatable bonds is 5. The minimum atomic E-state index is 0.828. The van der Waals surface area contributed by atoms with Gasteiger partial charge in [0.05, 0.1) is 18.7 Å². The predicted octanol–water partition coefficient (Wildman–Crippen LogP) is 4.10. The van der Waals surface area contributed by atoms with Crippen molar-refractivity contribution in [2.45, 2.75) is 6.54 Å². The second-order valence-electron chi connectivity index (χ2n) is 4.52. The second kappa shape index (κ2) is 6.66. The molecule has 2 aromatic rings. The van der Waals surface area contributed by atoms with Crippen molar-refractivity contribution < 1.29 is 9.47 Å². The van der Waals surface area contributed by atoms with Gasteiger partial charge < -0.3 is 14.4 Å². The number of halogens is 1. The van der Waals surface area contributed by atoms with Crippen molar-refractivity contribution in [2.24, 2.45) is 0 Å². The highest BCUT2D eigenvalue weighted by atomic mass is 79.9. The van der Waals surface area contributed by atoms with Crippen LogP contribution in [0.25, 0.3) is 0 Å². The molecule has 0 atom stereocenters. The van der Waals surface area contributed by atoms with Gasteiger partial charge in [-0.2, -0.15) is 0 Å². The molecule has 0 amide bonds. The average molecular weight is 336 g/mol. The fourth-order valence-electron chi connectivity index (χ4n) is 2.01. The molecular weight excluding hydrogens is 318 g/mol. The van der Waals surface area contributed by atoms with Gasteiger partial charge >= 0.3 is 0 Å². The molecule has 0 spiro atoms. The van der Waals surface area contributed by atoms with Crippen molar-refractivity contribution in [3.63, 3.8) is 0 Å². The summed E-state index contributed by atoms with van der Waals surface area (Å²) in [6.45, 7) is 0.828. The van der Waals surface area contributed by atoms with E-state index in [9.17, 15) is 0 Å². The zero-order chi connectivity index (χ0) is 14.5. The van der Waals surface area contributed by atoms with Gasteiger partial charge in [-0.3, -0.25) is 0 Å². The largest absolute Gasteiger partial charge is 0.497 e. The first-order chi connectivity index (χ1) is 9.63. The fraction of sp³-hybridized carbons (Fsp3) is 0.250. The standard InChI is InChI=1S/C16H18BrNO2/c1-18(13-5-7-14(19-2)8-6-13)11-12-4-9-16(20-3)15(17)10-12/h4-10H,11H2,1-3H3. The van der Waals surface area contributed by atoms with E-state index in [-0.39, 0.29) is 0 Å². The molecular formula is C16H18BrNO2. The lowest BCUT2D eigenvalue weighted by molar-refractivity contribution is 0.412. The van der Waals surface area contributed by atoms with Gasteiger partial charge in [-0.15, -0.1) is 0 Å². The summed E-state index contributed by atoms with van der Waals surface area (Å²) in [5.41, 5.74) is 2.37. The number of ether oxygens (including phenoxy) is 2. The summed E-state index contributed by atoms with van der Waals surface area (Å²) in [7, 11) is 5.41. The van der Waals surface area contributed by atoms with Crippen molar-refractivity contribution in [3.05, 3.63) is 52.5 Å². The zero-order valence-electron chi connectivity index (χ0n) is 11.9. The highest BCUT2D eigenvalue weighted by molar-refractivity contribution is 9.10. The van der Waals surface area contributed by atoms with Crippen LogP contribution in [0.1, 0.15) is 5.56 Å². The van der Waals surface area contributed by atoms with Crippen LogP contribution >= 0.6 is 15.9 Å². The van der Waals surface area contributed by atoms with Crippen LogP contribution in [0.3, 0.4) is 0 Å². The highest BCUT2D eigenvalue weighted by Crippen LogP contribution is 2.27. The molecule has 4 heteroatoms. The number of anilines is 1. The Bertz CT molecular complexity index is 569. The average Bonchev–Trinajstić information content (AvgIpc) is 2.47. The summed E-state index contributed by atoms with van der Waals surface area (Å²) in [5.74, 6) is 1.72. The topological polar surface area (TPSA) is 21.7 Å². The Morgan fingerprint density at radius 2 is 1.70 bits per heavy atom. The van der Waals surface area contributed by atoms with Crippen molar-refractivity contribution >= 4 is 21.6 Å². The van der Waals surface area contributed by atoms with E-state index >= 15 is 0 Å². The molecule has 20 heavy (non-hydrogen) atoms. The van der Waals surface area contributed by atoms with Crippen LogP contribution in [0.2, 0.25) is 0 Å². The van der Waals surface area contributed by atoms with Crippen LogP contribution in [-0.2, 0) is 6.54 Å². The molecule has 2 aromatic carbocycles. The Morgan fingerprint density at radius 3 is 2.25 bits per heavy atom. The number of nitrogens with zero attached hydrogens (tertiary/aromatic N) is 1. The van der Waals surface area contributed by atoms with Gasteiger partial charge in [-0.05, 0) is 57.9 Å². The maximum atomic E-state index is 5.24. The molecule has 0 aliphatic rings. The van der Waals surface area contributed by atoms with Crippen LogP contribution in [0.5, 0.6) is 11.5 Å². The maximum Gasteiger partial charge on any atom is 0.133 e. The number of hydrogen-bond acceptors (Lipinski definition) is 3. The van der Waals surface area contributed by atoms with E-state index < -0.39 is 0 Å². The van der Waals surface area contributed by atoms with Crippen LogP contribution in [0.4, 0.5) is 5.69 Å². The Morgan fingerprint density at radius 1 is 1.00 bits per heavy atom. The van der Waals surface area contributed by atoms with E-state index in [0.29, 0.717) is 0 Å². The number of benzene rings is 2. The molecule has 0 unspecified atom stereocenters. The normalized spacial score (nSPS) is 10.2. The molecule has 0 heterocycles. The lowest BCUT2D eigenvalue weighted by Crippen LogP contribution is -2.16. The smallest absolute Gasteiger partial charge is 0.133 e. The summed E-state index contributed by atoms with van der Waals surface area (Å²) in [6, 6.07) is 14.2. The van der Waals surface area contributed by atoms with Gasteiger partial charge in [-0.1, -0.05) is 6.07 Å². The molecule has 0 saturated heterocycles. The quantitative estimate of drug-likeness (QED) is 0.820. The summed E-state index contributed by atoms with van der Waals surface area (Å²) in [6.07, 6.45) is 0. The molecule has 0 aliphatic carbocycles. The molecule has 0 aromatic heterocycles. The van der Waals surface area contributed by atoms with Crippen molar-refractivity contribution in [1.29, 1.82) is 0 Å². The van der Waals surface area contributed by atoms with E-state index in [1.165, 1.54) is 5.56 Å². The zero-order valence-corrected chi connectivity index (χ0v) is 13.5. The molecule has 0 N–H and O–H groups in total. The maximum absolute atomic E-state index is 5.24. The van der Waals surface area contributed by atoms with Gasteiger partial charge in [0.15, 0.2) is 0 Å². The minimum absolute atomic E-state index is 0.828. The van der Waals surface area contributed by atoms with Crippen LogP contribution in [-0.4, -0.2) is 21.3 Å². The van der Waals surface area contributed by atoms with Crippen LogP contribution < -0.4 is 14.4 Å². The third-order valence-electron chi connectivity index (χ3n) is 3.15. The van der Waals surface area contributed by atoms with Crippen LogP contribution in [0, 0.1) is 0 Å². The van der Waals surface area contributed by atoms with E-state index in [0.717, 1.165) is 28.2 Å². The first-order valence-electron chi connectivity index (χ1n) is 6.31. The fourth-order valence-corrected chi connectivity index (χ4v) is 2.60. The highest BCUT2D eigenvalue weighted by Gasteiger charge is 2.05. The molecule has 0 saturated carbocycles. The Labute approximate surface area is 128 Å². The van der Waals surface area contributed by atoms with Crippen molar-refractivity contribution in [2.75, 3.05) is 26.2 Å². The third kappa shape index (κ3) is 3.45. The first-order valence-corrected chi connectivity index (χ1v) is 7.11. The molecule has 3 nitrogen and oxygen atoms in total.